The highest BCUT2D eigenvalue weighted by atomic mass is 35.5. The van der Waals surface area contributed by atoms with E-state index in [1.54, 1.807) is 24.3 Å². The number of halogens is 1. The molecule has 0 aliphatic carbocycles. The molecule has 0 spiro atoms. The Morgan fingerprint density at radius 1 is 1.24 bits per heavy atom. The highest BCUT2D eigenvalue weighted by Gasteiger charge is 2.14. The highest BCUT2D eigenvalue weighted by Crippen LogP contribution is 2.20. The summed E-state index contributed by atoms with van der Waals surface area (Å²) in [7, 11) is 0. The summed E-state index contributed by atoms with van der Waals surface area (Å²) in [5.41, 5.74) is 0.674. The largest absolute Gasteiger partial charge is 0.293 e. The number of benzene rings is 1. The van der Waals surface area contributed by atoms with Gasteiger partial charge in [-0.05, 0) is 37.1 Å². The van der Waals surface area contributed by atoms with Crippen LogP contribution in [0.1, 0.15) is 35.4 Å². The molecule has 0 atom stereocenters. The monoisotopic (exact) mass is 321 g/mol. The van der Waals surface area contributed by atoms with Gasteiger partial charge in [0, 0.05) is 23.6 Å². The number of hydrogen-bond donors (Lipinski definition) is 0. The number of thioether (sulfide) groups is 1. The Morgan fingerprint density at radius 3 is 2.86 bits per heavy atom. The molecule has 0 saturated carbocycles. The average Bonchev–Trinajstić information content (AvgIpc) is 2.75. The molecule has 4 nitrogen and oxygen atoms in total. The lowest BCUT2D eigenvalue weighted by molar-refractivity contribution is 0.102. The first-order valence-electron chi connectivity index (χ1n) is 7.08. The first-order valence-corrected chi connectivity index (χ1v) is 8.44. The fourth-order valence-electron chi connectivity index (χ4n) is 2.35. The molecule has 0 N–H and O–H groups in total. The fraction of sp³-hybridized carbons (Fsp3) is 0.400. The number of aromatic nitrogens is 3. The Morgan fingerprint density at radius 2 is 2.05 bits per heavy atom. The van der Waals surface area contributed by atoms with Gasteiger partial charge >= 0.3 is 0 Å². The molecular formula is C15H16ClN3OS. The van der Waals surface area contributed by atoms with Crippen LogP contribution >= 0.6 is 23.4 Å². The number of ketones is 1. The van der Waals surface area contributed by atoms with Gasteiger partial charge in [-0.3, -0.25) is 4.79 Å². The molecule has 6 heteroatoms. The molecule has 2 heterocycles. The molecule has 1 aliphatic rings. The second-order valence-electron chi connectivity index (χ2n) is 5.06. The number of rotatable bonds is 4. The molecule has 1 aromatic carbocycles. The first-order chi connectivity index (χ1) is 10.2. The molecule has 0 radical (unpaired) electrons. The van der Waals surface area contributed by atoms with Gasteiger partial charge in [-0.15, -0.1) is 5.10 Å². The Labute approximate surface area is 132 Å². The third-order valence-corrected chi connectivity index (χ3v) is 4.59. The maximum Gasteiger partial charge on any atom is 0.209 e. The second-order valence-corrected chi connectivity index (χ2v) is 6.44. The van der Waals surface area contributed by atoms with Crippen molar-refractivity contribution in [2.75, 3.05) is 5.75 Å². The number of nitrogens with zero attached hydrogens (tertiary/aromatic N) is 3. The highest BCUT2D eigenvalue weighted by molar-refractivity contribution is 7.99. The molecule has 1 aliphatic heterocycles. The molecule has 0 saturated heterocycles. The van der Waals surface area contributed by atoms with E-state index in [0.717, 1.165) is 25.2 Å². The van der Waals surface area contributed by atoms with Gasteiger partial charge in [0.25, 0.3) is 0 Å². The molecule has 0 bridgehead atoms. The lowest BCUT2D eigenvalue weighted by atomic mass is 10.1. The van der Waals surface area contributed by atoms with Crippen molar-refractivity contribution in [1.82, 2.24) is 14.8 Å². The van der Waals surface area contributed by atoms with Crippen molar-refractivity contribution in [3.8, 4) is 0 Å². The van der Waals surface area contributed by atoms with Crippen molar-refractivity contribution in [2.45, 2.75) is 37.4 Å². The van der Waals surface area contributed by atoms with Crippen LogP contribution < -0.4 is 0 Å². The quantitative estimate of drug-likeness (QED) is 0.637. The molecule has 0 fully saturated rings. The van der Waals surface area contributed by atoms with E-state index in [-0.39, 0.29) is 5.78 Å². The topological polar surface area (TPSA) is 47.8 Å². The summed E-state index contributed by atoms with van der Waals surface area (Å²) in [6.07, 6.45) is 4.55. The van der Waals surface area contributed by atoms with E-state index in [1.807, 2.05) is 4.68 Å². The van der Waals surface area contributed by atoms with Gasteiger partial charge in [0.1, 0.15) is 5.82 Å². The second kappa shape index (κ2) is 6.62. The number of aryl methyl sites for hydroxylation is 2. The molecule has 3 rings (SSSR count). The van der Waals surface area contributed by atoms with Crippen LogP contribution in [-0.2, 0) is 13.0 Å². The van der Waals surface area contributed by atoms with Gasteiger partial charge in [-0.2, -0.15) is 0 Å². The first kappa shape index (κ1) is 14.6. The minimum Gasteiger partial charge on any atom is -0.293 e. The van der Waals surface area contributed by atoms with Crippen molar-refractivity contribution in [1.29, 1.82) is 0 Å². The van der Waals surface area contributed by atoms with Crippen LogP contribution in [0.2, 0.25) is 5.02 Å². The fourth-order valence-corrected chi connectivity index (χ4v) is 3.23. The molecule has 1 aromatic heterocycles. The zero-order valence-electron chi connectivity index (χ0n) is 11.6. The van der Waals surface area contributed by atoms with Crippen molar-refractivity contribution in [2.24, 2.45) is 0 Å². The van der Waals surface area contributed by atoms with Crippen LogP contribution in [0, 0.1) is 0 Å². The number of carbonyl (C=O) groups excluding carboxylic acids is 1. The van der Waals surface area contributed by atoms with E-state index in [4.69, 9.17) is 11.6 Å². The van der Waals surface area contributed by atoms with Gasteiger partial charge in [0.05, 0.1) is 5.75 Å². The van der Waals surface area contributed by atoms with Gasteiger partial charge < -0.3 is 0 Å². The number of fused-ring (bicyclic) bond motifs is 1. The Kier molecular flexibility index (Phi) is 4.60. The predicted molar refractivity (Wildman–Crippen MR) is 84.1 cm³/mol. The summed E-state index contributed by atoms with van der Waals surface area (Å²) in [5.74, 6) is 1.47. The van der Waals surface area contributed by atoms with Crippen molar-refractivity contribution in [3.05, 3.63) is 40.7 Å². The van der Waals surface area contributed by atoms with E-state index >= 15 is 0 Å². The number of carbonyl (C=O) groups is 1. The maximum absolute atomic E-state index is 12.1. The van der Waals surface area contributed by atoms with Crippen LogP contribution in [0.3, 0.4) is 0 Å². The van der Waals surface area contributed by atoms with Gasteiger partial charge in [0.15, 0.2) is 5.78 Å². The summed E-state index contributed by atoms with van der Waals surface area (Å²) >= 11 is 7.22. The molecule has 0 amide bonds. The Balaban J connectivity index is 1.62. The van der Waals surface area contributed by atoms with Gasteiger partial charge in [-0.25, -0.2) is 9.67 Å². The van der Waals surface area contributed by atoms with Crippen molar-refractivity contribution >= 4 is 29.1 Å². The van der Waals surface area contributed by atoms with E-state index in [1.165, 1.54) is 24.6 Å². The standard InChI is InChI=1S/C15H16ClN3OS/c16-12-7-5-11(6-8-12)13(20)10-21-15-17-14-4-2-1-3-9-19(14)18-15/h5-8H,1-4,9-10H2. The van der Waals surface area contributed by atoms with E-state index in [2.05, 4.69) is 10.1 Å². The Hall–Kier alpha value is -1.33. The molecule has 0 unspecified atom stereocenters. The predicted octanol–water partition coefficient (Wildman–Crippen LogP) is 3.63. The summed E-state index contributed by atoms with van der Waals surface area (Å²) < 4.78 is 1.99. The molecule has 2 aromatic rings. The lowest BCUT2D eigenvalue weighted by Gasteiger charge is -1.99. The number of Topliss-reactive ketones (excluding diaryl/α,β-unsaturated/α-hetero) is 1. The average molecular weight is 322 g/mol. The van der Waals surface area contributed by atoms with Crippen LogP contribution in [0.25, 0.3) is 0 Å². The Bertz CT molecular complexity index is 615. The minimum atomic E-state index is 0.0710. The smallest absolute Gasteiger partial charge is 0.209 e. The SMILES string of the molecule is O=C(CSc1nc2n(n1)CCCCC2)c1ccc(Cl)cc1. The van der Waals surface area contributed by atoms with E-state index in [0.29, 0.717) is 21.5 Å². The van der Waals surface area contributed by atoms with Gasteiger partial charge in [0.2, 0.25) is 5.16 Å². The van der Waals surface area contributed by atoms with Crippen LogP contribution in [0.5, 0.6) is 0 Å². The summed E-state index contributed by atoms with van der Waals surface area (Å²) in [6, 6.07) is 6.97. The molecular weight excluding hydrogens is 306 g/mol. The third-order valence-electron chi connectivity index (χ3n) is 3.50. The van der Waals surface area contributed by atoms with Crippen LogP contribution in [0.15, 0.2) is 29.4 Å². The van der Waals surface area contributed by atoms with E-state index in [9.17, 15) is 4.79 Å². The molecule has 110 valence electrons. The number of hydrogen-bond acceptors (Lipinski definition) is 4. The summed E-state index contributed by atoms with van der Waals surface area (Å²) in [5, 5.41) is 5.83. The van der Waals surface area contributed by atoms with Crippen molar-refractivity contribution in [3.63, 3.8) is 0 Å². The normalized spacial score (nSPS) is 14.5. The van der Waals surface area contributed by atoms with E-state index < -0.39 is 0 Å². The summed E-state index contributed by atoms with van der Waals surface area (Å²) in [4.78, 5) is 16.6. The van der Waals surface area contributed by atoms with Crippen LogP contribution in [-0.4, -0.2) is 26.3 Å². The molecule has 21 heavy (non-hydrogen) atoms. The zero-order chi connectivity index (χ0) is 14.7. The zero-order valence-corrected chi connectivity index (χ0v) is 13.2. The minimum absolute atomic E-state index is 0.0710. The maximum atomic E-state index is 12.1. The van der Waals surface area contributed by atoms with Crippen LogP contribution in [0.4, 0.5) is 0 Å². The van der Waals surface area contributed by atoms with Gasteiger partial charge in [-0.1, -0.05) is 29.8 Å². The lowest BCUT2D eigenvalue weighted by Crippen LogP contribution is -2.03. The summed E-state index contributed by atoms with van der Waals surface area (Å²) in [6.45, 7) is 0.939. The van der Waals surface area contributed by atoms with Crippen molar-refractivity contribution < 1.29 is 4.79 Å². The third kappa shape index (κ3) is 3.66.